The van der Waals surface area contributed by atoms with Gasteiger partial charge in [-0.2, -0.15) is 0 Å². The second kappa shape index (κ2) is 18.4. The first-order valence-electron chi connectivity index (χ1n) is 21.2. The summed E-state index contributed by atoms with van der Waals surface area (Å²) in [5, 5.41) is 24.1. The molecule has 3 aromatic rings. The van der Waals surface area contributed by atoms with Gasteiger partial charge in [0.05, 0.1) is 18.2 Å². The van der Waals surface area contributed by atoms with Crippen molar-refractivity contribution in [1.29, 1.82) is 0 Å². The predicted molar refractivity (Wildman–Crippen MR) is 218 cm³/mol. The van der Waals surface area contributed by atoms with Crippen LogP contribution in [0.2, 0.25) is 0 Å². The molecular weight excluding hydrogens is 782 g/mol. The summed E-state index contributed by atoms with van der Waals surface area (Å²) < 4.78 is 78.0. The molecule has 0 aromatic heterocycles. The second-order valence-electron chi connectivity index (χ2n) is 18.2. The monoisotopic (exact) mass is 839 g/mol. The van der Waals surface area contributed by atoms with Gasteiger partial charge in [-0.15, -0.1) is 13.2 Å². The van der Waals surface area contributed by atoms with Crippen molar-refractivity contribution in [2.75, 3.05) is 6.54 Å². The van der Waals surface area contributed by atoms with Crippen LogP contribution in [0.5, 0.6) is 5.75 Å². The zero-order valence-electron chi connectivity index (χ0n) is 35.2. The Hall–Kier alpha value is -4.29. The summed E-state index contributed by atoms with van der Waals surface area (Å²) in [4.78, 5) is 30.3. The van der Waals surface area contributed by atoms with E-state index in [1.54, 1.807) is 6.07 Å². The van der Waals surface area contributed by atoms with Crippen molar-refractivity contribution in [3.05, 3.63) is 112 Å². The number of amides is 1. The smallest absolute Gasteiger partial charge is 0.446 e. The molecule has 326 valence electrons. The lowest BCUT2D eigenvalue weighted by molar-refractivity contribution is -0.274. The fourth-order valence-corrected chi connectivity index (χ4v) is 9.96. The van der Waals surface area contributed by atoms with E-state index in [9.17, 15) is 41.8 Å². The van der Waals surface area contributed by atoms with Gasteiger partial charge in [-0.25, -0.2) is 13.6 Å². The predicted octanol–water partition coefficient (Wildman–Crippen LogP) is 11.2. The number of alkyl halides is 3. The normalized spacial score (nSPS) is 27.5. The molecule has 7 atom stereocenters. The Morgan fingerprint density at radius 1 is 0.950 bits per heavy atom. The van der Waals surface area contributed by atoms with Crippen molar-refractivity contribution in [2.24, 2.45) is 23.2 Å². The number of rotatable bonds is 9. The fourth-order valence-electron chi connectivity index (χ4n) is 9.96. The Morgan fingerprint density at radius 3 is 2.37 bits per heavy atom. The Morgan fingerprint density at radius 2 is 1.68 bits per heavy atom. The molecule has 2 N–H and O–H groups in total. The molecule has 0 aliphatic heterocycles. The number of aliphatic hydroxyl groups is 2. The maximum atomic E-state index is 14.5. The summed E-state index contributed by atoms with van der Waals surface area (Å²) >= 11 is 0. The largest absolute Gasteiger partial charge is 0.573 e. The van der Waals surface area contributed by atoms with E-state index in [0.717, 1.165) is 30.5 Å². The van der Waals surface area contributed by atoms with Crippen LogP contribution >= 0.6 is 0 Å². The van der Waals surface area contributed by atoms with Gasteiger partial charge in [-0.05, 0) is 141 Å². The number of carbonyl (C=O) groups is 2. The number of benzene rings is 3. The molecular formula is C48H58F5NO6. The molecule has 7 rings (SSSR count). The van der Waals surface area contributed by atoms with Crippen molar-refractivity contribution >= 4 is 11.9 Å². The molecule has 2 fully saturated rings. The van der Waals surface area contributed by atoms with E-state index in [1.807, 2.05) is 26.0 Å². The molecule has 0 saturated heterocycles. The first-order valence-corrected chi connectivity index (χ1v) is 21.2. The maximum absolute atomic E-state index is 14.5. The standard InChI is InChI=1S/C48H58F5NO6/c1-29(2)37-17-9-31(4)23-43(37)59-45(57)54(27-32-10-15-36(16-11-32)60-48(51,52)53)28-47(58)22-20-40-38-18-12-33(24-35(55)14-8-30(3)7-6-21-46(40,47)5)25-39(38)44(56)34-13-19-41(49)42(50)26-34/h7,10-13,15-16,18-19,25-26,29,31,35,37,40,43,55,58H,6,8-9,14,17,20-24,27-28H2,1-5H3. The number of aliphatic hydroxyl groups excluding tert-OH is 1. The number of hydrogen-bond donors (Lipinski definition) is 2. The second-order valence-corrected chi connectivity index (χ2v) is 18.2. The highest BCUT2D eigenvalue weighted by Gasteiger charge is 2.58. The molecule has 0 spiro atoms. The number of fused-ring (bicyclic) bond motifs is 8. The number of ketones is 1. The van der Waals surface area contributed by atoms with Crippen LogP contribution in [0.4, 0.5) is 26.7 Å². The Labute approximate surface area is 350 Å². The molecule has 7 unspecified atom stereocenters. The quantitative estimate of drug-likeness (QED) is 0.127. The van der Waals surface area contributed by atoms with Gasteiger partial charge in [0.2, 0.25) is 0 Å². The van der Waals surface area contributed by atoms with Gasteiger partial charge >= 0.3 is 12.5 Å². The van der Waals surface area contributed by atoms with Crippen LogP contribution in [-0.2, 0) is 17.7 Å². The van der Waals surface area contributed by atoms with Crippen molar-refractivity contribution < 1.29 is 51.2 Å². The summed E-state index contributed by atoms with van der Waals surface area (Å²) in [6, 6.07) is 13.7. The summed E-state index contributed by atoms with van der Waals surface area (Å²) in [6.45, 7) is 10.1. The zero-order chi connectivity index (χ0) is 43.6. The van der Waals surface area contributed by atoms with E-state index in [-0.39, 0.29) is 55.0 Å². The molecule has 12 heteroatoms. The van der Waals surface area contributed by atoms with Crippen LogP contribution in [0.1, 0.15) is 131 Å². The van der Waals surface area contributed by atoms with Crippen molar-refractivity contribution in [3.8, 4) is 5.75 Å². The van der Waals surface area contributed by atoms with Crippen molar-refractivity contribution in [2.45, 2.75) is 135 Å². The highest BCUT2D eigenvalue weighted by molar-refractivity contribution is 6.10. The maximum Gasteiger partial charge on any atom is 0.573 e. The molecule has 0 heterocycles. The van der Waals surface area contributed by atoms with Crippen LogP contribution in [0.15, 0.2) is 72.3 Å². The number of ether oxygens (including phenoxy) is 2. The van der Waals surface area contributed by atoms with Crippen LogP contribution in [0, 0.1) is 34.8 Å². The van der Waals surface area contributed by atoms with Crippen LogP contribution in [-0.4, -0.2) is 57.7 Å². The SMILES string of the molecule is CC1=CCCC2(C)C(CCC2(O)CN(Cc2ccc(OC(F)(F)F)cc2)C(=O)OC2CC(C)CCC2C(C)C)c2ccc(cc2C(=O)c2ccc(F)c(F)c2)CC(O)CC1. The number of allylic oxidation sites excluding steroid dienone is 2. The minimum absolute atomic E-state index is 0.0419. The highest BCUT2D eigenvalue weighted by atomic mass is 19.4. The number of halogens is 5. The van der Waals surface area contributed by atoms with E-state index in [2.05, 4.69) is 31.6 Å². The minimum atomic E-state index is -4.87. The van der Waals surface area contributed by atoms with Gasteiger partial charge in [0, 0.05) is 23.1 Å². The lowest BCUT2D eigenvalue weighted by atomic mass is 9.64. The molecule has 3 aromatic carbocycles. The third-order valence-electron chi connectivity index (χ3n) is 13.6. The van der Waals surface area contributed by atoms with Crippen LogP contribution in [0.25, 0.3) is 0 Å². The summed E-state index contributed by atoms with van der Waals surface area (Å²) in [5.74, 6) is -2.89. The summed E-state index contributed by atoms with van der Waals surface area (Å²) in [6.07, 6.45) is 1.17. The van der Waals surface area contributed by atoms with Gasteiger partial charge < -0.3 is 24.6 Å². The lowest BCUT2D eigenvalue weighted by Gasteiger charge is -2.46. The molecule has 7 nitrogen and oxygen atoms in total. The van der Waals surface area contributed by atoms with Crippen molar-refractivity contribution in [1.82, 2.24) is 4.90 Å². The van der Waals surface area contributed by atoms with E-state index < -0.39 is 58.7 Å². The summed E-state index contributed by atoms with van der Waals surface area (Å²) in [5.41, 5.74) is 0.597. The Balaban J connectivity index is 1.41. The van der Waals surface area contributed by atoms with Crippen LogP contribution in [0.3, 0.4) is 0 Å². The number of nitrogens with zero attached hydrogens (tertiary/aromatic N) is 1. The van der Waals surface area contributed by atoms with Gasteiger partial charge in [0.1, 0.15) is 11.9 Å². The first-order chi connectivity index (χ1) is 28.2. The Kier molecular flexibility index (Phi) is 13.8. The van der Waals surface area contributed by atoms with E-state index >= 15 is 0 Å². The van der Waals surface area contributed by atoms with E-state index in [4.69, 9.17) is 4.74 Å². The average molecular weight is 840 g/mol. The number of hydrogen-bond acceptors (Lipinski definition) is 6. The third kappa shape index (κ3) is 10.4. The minimum Gasteiger partial charge on any atom is -0.446 e. The molecule has 4 aliphatic rings. The van der Waals surface area contributed by atoms with Crippen LogP contribution < -0.4 is 4.74 Å². The fraction of sp³-hybridized carbons (Fsp3) is 0.542. The number of carbonyl (C=O) groups excluding carboxylic acids is 2. The van der Waals surface area contributed by atoms with Gasteiger partial charge in [-0.1, -0.05) is 70.0 Å². The van der Waals surface area contributed by atoms with Gasteiger partial charge in [0.15, 0.2) is 17.4 Å². The van der Waals surface area contributed by atoms with Gasteiger partial charge in [-0.3, -0.25) is 4.79 Å². The molecule has 2 bridgehead atoms. The molecule has 4 aliphatic carbocycles. The zero-order valence-corrected chi connectivity index (χ0v) is 35.2. The molecule has 1 amide bonds. The molecule has 0 radical (unpaired) electrons. The topological polar surface area (TPSA) is 96.3 Å². The first kappa shape index (κ1) is 45.2. The third-order valence-corrected chi connectivity index (χ3v) is 13.6. The molecule has 60 heavy (non-hydrogen) atoms. The Bertz CT molecular complexity index is 2030. The van der Waals surface area contributed by atoms with Gasteiger partial charge in [0.25, 0.3) is 0 Å². The molecule has 2 saturated carbocycles. The summed E-state index contributed by atoms with van der Waals surface area (Å²) in [7, 11) is 0. The lowest BCUT2D eigenvalue weighted by Crippen LogP contribution is -2.54. The van der Waals surface area contributed by atoms with E-state index in [0.29, 0.717) is 61.1 Å². The average Bonchev–Trinajstić information content (AvgIpc) is 3.43. The highest BCUT2D eigenvalue weighted by Crippen LogP contribution is 2.59. The van der Waals surface area contributed by atoms with E-state index in [1.165, 1.54) is 35.2 Å². The van der Waals surface area contributed by atoms with Crippen molar-refractivity contribution in [3.63, 3.8) is 0 Å².